The molecule has 0 atom stereocenters. The summed E-state index contributed by atoms with van der Waals surface area (Å²) in [5.41, 5.74) is 1.92. The maximum Gasteiger partial charge on any atom is 0.338 e. The lowest BCUT2D eigenvalue weighted by Crippen LogP contribution is -2.15. The number of anilines is 1. The number of carbonyl (C=O) groups is 2. The molecule has 7 nitrogen and oxygen atoms in total. The molecule has 0 aromatic heterocycles. The van der Waals surface area contributed by atoms with E-state index in [1.807, 2.05) is 6.92 Å². The number of sulfonamides is 1. The molecule has 0 aliphatic rings. The van der Waals surface area contributed by atoms with E-state index in [0.29, 0.717) is 16.6 Å². The summed E-state index contributed by atoms with van der Waals surface area (Å²) in [6.45, 7) is 3.60. The van der Waals surface area contributed by atoms with Crippen molar-refractivity contribution in [1.82, 2.24) is 0 Å². The van der Waals surface area contributed by atoms with Crippen molar-refractivity contribution in [3.8, 4) is 5.75 Å². The van der Waals surface area contributed by atoms with E-state index in [0.717, 1.165) is 5.56 Å². The maximum atomic E-state index is 12.9. The predicted molar refractivity (Wildman–Crippen MR) is 128 cm³/mol. The third-order valence-electron chi connectivity index (χ3n) is 4.58. The number of hydrogen-bond donors (Lipinski definition) is 1. The molecule has 9 heteroatoms. The van der Waals surface area contributed by atoms with Crippen LogP contribution in [0.25, 0.3) is 0 Å². The van der Waals surface area contributed by atoms with Crippen molar-refractivity contribution in [2.24, 2.45) is 0 Å². The number of ketones is 1. The molecule has 172 valence electrons. The highest BCUT2D eigenvalue weighted by Gasteiger charge is 2.21. The number of esters is 1. The normalized spacial score (nSPS) is 11.0. The first kappa shape index (κ1) is 24.5. The van der Waals surface area contributed by atoms with Crippen molar-refractivity contribution in [2.75, 3.05) is 17.9 Å². The van der Waals surface area contributed by atoms with Crippen LogP contribution in [0.1, 0.15) is 33.2 Å². The first-order valence-corrected chi connectivity index (χ1v) is 12.3. The van der Waals surface area contributed by atoms with Crippen molar-refractivity contribution >= 4 is 43.4 Å². The van der Waals surface area contributed by atoms with E-state index in [2.05, 4.69) is 20.7 Å². The fourth-order valence-electron chi connectivity index (χ4n) is 2.89. The Hall–Kier alpha value is -3.17. The van der Waals surface area contributed by atoms with Crippen LogP contribution < -0.4 is 9.46 Å². The number of ether oxygens (including phenoxy) is 2. The van der Waals surface area contributed by atoms with Gasteiger partial charge in [-0.25, -0.2) is 13.2 Å². The van der Waals surface area contributed by atoms with E-state index in [-0.39, 0.29) is 34.3 Å². The van der Waals surface area contributed by atoms with Gasteiger partial charge in [-0.2, -0.15) is 0 Å². The van der Waals surface area contributed by atoms with Gasteiger partial charge in [-0.3, -0.25) is 9.52 Å². The molecule has 0 aliphatic heterocycles. The zero-order valence-electron chi connectivity index (χ0n) is 18.0. The Bertz CT molecular complexity index is 1260. The van der Waals surface area contributed by atoms with E-state index >= 15 is 0 Å². The van der Waals surface area contributed by atoms with E-state index in [9.17, 15) is 18.0 Å². The van der Waals surface area contributed by atoms with Gasteiger partial charge in [0.15, 0.2) is 12.4 Å². The van der Waals surface area contributed by atoms with Gasteiger partial charge in [-0.05, 0) is 56.3 Å². The zero-order valence-corrected chi connectivity index (χ0v) is 20.4. The van der Waals surface area contributed by atoms with Gasteiger partial charge in [0.2, 0.25) is 0 Å². The van der Waals surface area contributed by atoms with Crippen LogP contribution in [0.5, 0.6) is 5.75 Å². The molecular weight excluding hydrogens is 510 g/mol. The molecular formula is C24H22BrNO6S. The van der Waals surface area contributed by atoms with Gasteiger partial charge >= 0.3 is 5.97 Å². The summed E-state index contributed by atoms with van der Waals surface area (Å²) in [4.78, 5) is 24.4. The number of rotatable bonds is 9. The first-order chi connectivity index (χ1) is 15.7. The molecule has 0 radical (unpaired) electrons. The highest BCUT2D eigenvalue weighted by molar-refractivity contribution is 9.10. The summed E-state index contributed by atoms with van der Waals surface area (Å²) < 4.78 is 39.3. The minimum atomic E-state index is -3.94. The monoisotopic (exact) mass is 531 g/mol. The lowest BCUT2D eigenvalue weighted by atomic mass is 10.1. The average molecular weight is 532 g/mol. The van der Waals surface area contributed by atoms with Crippen LogP contribution in [-0.4, -0.2) is 33.4 Å². The highest BCUT2D eigenvalue weighted by atomic mass is 79.9. The Morgan fingerprint density at radius 3 is 2.21 bits per heavy atom. The Labute approximate surface area is 200 Å². The fraction of sp³-hybridized carbons (Fsp3) is 0.167. The van der Waals surface area contributed by atoms with Crippen LogP contribution in [0.4, 0.5) is 5.69 Å². The second-order valence-corrected chi connectivity index (χ2v) is 9.64. The van der Waals surface area contributed by atoms with Gasteiger partial charge in [-0.1, -0.05) is 45.8 Å². The molecule has 0 saturated heterocycles. The quantitative estimate of drug-likeness (QED) is 0.308. The minimum absolute atomic E-state index is 0.0168. The van der Waals surface area contributed by atoms with Crippen molar-refractivity contribution < 1.29 is 27.5 Å². The molecule has 0 saturated carbocycles. The predicted octanol–water partition coefficient (Wildman–Crippen LogP) is 5.00. The molecule has 3 aromatic rings. The third-order valence-corrected chi connectivity index (χ3v) is 6.47. The van der Waals surface area contributed by atoms with Crippen LogP contribution in [0.15, 0.2) is 76.1 Å². The number of Topliss-reactive ketones (excluding diaryl/α,β-unsaturated/α-hetero) is 1. The molecule has 1 N–H and O–H groups in total. The summed E-state index contributed by atoms with van der Waals surface area (Å²) in [7, 11) is -3.94. The van der Waals surface area contributed by atoms with Gasteiger partial charge in [0, 0.05) is 15.7 Å². The smallest absolute Gasteiger partial charge is 0.338 e. The molecule has 0 fully saturated rings. The Kier molecular flexibility index (Phi) is 7.88. The molecule has 0 unspecified atom stereocenters. The molecule has 0 aliphatic carbocycles. The van der Waals surface area contributed by atoms with Crippen LogP contribution in [-0.2, 0) is 14.8 Å². The van der Waals surface area contributed by atoms with Gasteiger partial charge in [0.25, 0.3) is 10.0 Å². The molecule has 0 heterocycles. The van der Waals surface area contributed by atoms with E-state index in [4.69, 9.17) is 9.47 Å². The maximum absolute atomic E-state index is 12.9. The van der Waals surface area contributed by atoms with Crippen molar-refractivity contribution in [3.63, 3.8) is 0 Å². The number of nitrogens with one attached hydrogen (secondary N) is 1. The summed E-state index contributed by atoms with van der Waals surface area (Å²) in [5, 5.41) is 0. The van der Waals surface area contributed by atoms with Gasteiger partial charge in [0.1, 0.15) is 10.6 Å². The Morgan fingerprint density at radius 1 is 0.939 bits per heavy atom. The number of carbonyl (C=O) groups excluding carboxylic acids is 2. The highest BCUT2D eigenvalue weighted by Crippen LogP contribution is 2.29. The Balaban J connectivity index is 1.66. The summed E-state index contributed by atoms with van der Waals surface area (Å²) in [6, 6.07) is 17.4. The standard InChI is InChI=1S/C24H22BrNO6S/c1-3-31-22-13-10-19(25)14-23(22)33(29,30)26-20-11-8-18(9-12-20)24(28)32-15-21(27)17-6-4-16(2)5-7-17/h4-14,26H,3,15H2,1-2H3. The second-order valence-electron chi connectivity index (χ2n) is 7.07. The topological polar surface area (TPSA) is 98.8 Å². The largest absolute Gasteiger partial charge is 0.492 e. The fourth-order valence-corrected chi connectivity index (χ4v) is 4.63. The van der Waals surface area contributed by atoms with Crippen molar-refractivity contribution in [2.45, 2.75) is 18.7 Å². The average Bonchev–Trinajstić information content (AvgIpc) is 2.79. The molecule has 0 amide bonds. The van der Waals surface area contributed by atoms with E-state index in [1.165, 1.54) is 30.3 Å². The van der Waals surface area contributed by atoms with Crippen LogP contribution in [0, 0.1) is 6.92 Å². The zero-order chi connectivity index (χ0) is 24.0. The van der Waals surface area contributed by atoms with Gasteiger partial charge in [-0.15, -0.1) is 0 Å². The SMILES string of the molecule is CCOc1ccc(Br)cc1S(=O)(=O)Nc1ccc(C(=O)OCC(=O)c2ccc(C)cc2)cc1. The molecule has 3 aromatic carbocycles. The van der Waals surface area contributed by atoms with Crippen LogP contribution in [0.3, 0.4) is 0 Å². The Morgan fingerprint density at radius 2 is 1.58 bits per heavy atom. The van der Waals surface area contributed by atoms with Gasteiger partial charge < -0.3 is 9.47 Å². The number of halogens is 1. The summed E-state index contributed by atoms with van der Waals surface area (Å²) in [5.74, 6) is -0.769. The number of aryl methyl sites for hydroxylation is 1. The number of benzene rings is 3. The summed E-state index contributed by atoms with van der Waals surface area (Å²) >= 11 is 3.27. The lowest BCUT2D eigenvalue weighted by Gasteiger charge is -2.13. The van der Waals surface area contributed by atoms with Crippen LogP contribution in [0.2, 0.25) is 0 Å². The molecule has 3 rings (SSSR count). The van der Waals surface area contributed by atoms with Crippen molar-refractivity contribution in [3.05, 3.63) is 87.9 Å². The lowest BCUT2D eigenvalue weighted by molar-refractivity contribution is 0.0475. The first-order valence-electron chi connectivity index (χ1n) is 10.0. The van der Waals surface area contributed by atoms with E-state index < -0.39 is 16.0 Å². The minimum Gasteiger partial charge on any atom is -0.492 e. The number of hydrogen-bond acceptors (Lipinski definition) is 6. The molecule has 33 heavy (non-hydrogen) atoms. The van der Waals surface area contributed by atoms with Gasteiger partial charge in [0.05, 0.1) is 12.2 Å². The van der Waals surface area contributed by atoms with E-state index in [1.54, 1.807) is 43.3 Å². The van der Waals surface area contributed by atoms with Crippen LogP contribution >= 0.6 is 15.9 Å². The third kappa shape index (κ3) is 6.43. The summed E-state index contributed by atoms with van der Waals surface area (Å²) in [6.07, 6.45) is 0. The molecule has 0 bridgehead atoms. The second kappa shape index (κ2) is 10.6. The molecule has 0 spiro atoms. The van der Waals surface area contributed by atoms with Crippen molar-refractivity contribution in [1.29, 1.82) is 0 Å².